The molecule has 1 atom stereocenters. The highest BCUT2D eigenvalue weighted by Crippen LogP contribution is 2.37. The van der Waals surface area contributed by atoms with Crippen LogP contribution in [0.1, 0.15) is 66.9 Å². The third-order valence-electron chi connectivity index (χ3n) is 11.2. The summed E-state index contributed by atoms with van der Waals surface area (Å²) < 4.78 is 5.84. The predicted molar refractivity (Wildman–Crippen MR) is 226 cm³/mol. The summed E-state index contributed by atoms with van der Waals surface area (Å²) in [7, 11) is 1.63. The lowest BCUT2D eigenvalue weighted by Gasteiger charge is -2.39. The van der Waals surface area contributed by atoms with Gasteiger partial charge in [0.25, 0.3) is 0 Å². The maximum absolute atomic E-state index is 13.5. The molecule has 4 heterocycles. The van der Waals surface area contributed by atoms with Crippen molar-refractivity contribution in [2.75, 3.05) is 73.8 Å². The first kappa shape index (κ1) is 40.5. The highest BCUT2D eigenvalue weighted by Gasteiger charge is 2.29. The molecule has 4 aromatic rings. The average Bonchev–Trinajstić information content (AvgIpc) is 3.23. The standard InChI is InChI=1S/C43H50ClN9O5/c1-4-28-23-36(48-43-45-25-33(44)41(50-43)47-34-8-6-5-7-32(34)27(2)54)38(58-3)24-37(28)52-19-21-53(22-20-52)40(56)26-51-17-15-30(16-18-51)29-9-11-31(12-10-29)46-35-13-14-39(55)49-42(35)57/h5-12,23-25,30,35,46H,4,13-22,26H2,1-3H3,(H,49,55,57)(H2,45,47,48,50). The summed E-state index contributed by atoms with van der Waals surface area (Å²) in [5.74, 6) is 1.31. The zero-order valence-corrected chi connectivity index (χ0v) is 33.9. The number of ether oxygens (including phenoxy) is 1. The summed E-state index contributed by atoms with van der Waals surface area (Å²) >= 11 is 6.46. The molecule has 3 fully saturated rings. The SMILES string of the molecule is CCc1cc(Nc2ncc(Cl)c(Nc3ccccc3C(C)=O)n2)c(OC)cc1N1CCN(C(=O)CN2CCC(c3ccc(NC4CCC(=O)NC4=O)cc3)CC2)CC1. The number of hydrogen-bond donors (Lipinski definition) is 4. The number of rotatable bonds is 13. The van der Waals surface area contributed by atoms with E-state index in [1.165, 1.54) is 18.7 Å². The second-order valence-corrected chi connectivity index (χ2v) is 15.4. The Kier molecular flexibility index (Phi) is 12.7. The van der Waals surface area contributed by atoms with E-state index in [4.69, 9.17) is 16.3 Å². The number of imide groups is 1. The van der Waals surface area contributed by atoms with Crippen LogP contribution in [0.2, 0.25) is 5.02 Å². The third kappa shape index (κ3) is 9.51. The smallest absolute Gasteiger partial charge is 0.249 e. The lowest BCUT2D eigenvalue weighted by atomic mass is 9.89. The average molecular weight is 808 g/mol. The number of benzene rings is 3. The minimum Gasteiger partial charge on any atom is -0.494 e. The molecule has 58 heavy (non-hydrogen) atoms. The van der Waals surface area contributed by atoms with Crippen LogP contribution in [-0.4, -0.2) is 102 Å². The van der Waals surface area contributed by atoms with Gasteiger partial charge in [-0.1, -0.05) is 42.8 Å². The van der Waals surface area contributed by atoms with E-state index in [9.17, 15) is 19.2 Å². The number of likely N-dealkylation sites (tertiary alicyclic amines) is 1. The first-order chi connectivity index (χ1) is 28.1. The molecule has 1 aromatic heterocycles. The summed E-state index contributed by atoms with van der Waals surface area (Å²) in [6.07, 6.45) is 5.08. The van der Waals surface area contributed by atoms with Gasteiger partial charge in [-0.15, -0.1) is 0 Å². The zero-order chi connectivity index (χ0) is 40.8. The van der Waals surface area contributed by atoms with E-state index in [0.717, 1.165) is 49.3 Å². The number of ketones is 1. The molecule has 3 aliphatic rings. The van der Waals surface area contributed by atoms with Crippen molar-refractivity contribution in [2.24, 2.45) is 0 Å². The van der Waals surface area contributed by atoms with Gasteiger partial charge in [0.1, 0.15) is 16.8 Å². The Balaban J connectivity index is 0.910. The molecule has 14 nitrogen and oxygen atoms in total. The number of piperidine rings is 2. The first-order valence-corrected chi connectivity index (χ1v) is 20.3. The first-order valence-electron chi connectivity index (χ1n) is 19.9. The number of nitrogens with one attached hydrogen (secondary N) is 4. The van der Waals surface area contributed by atoms with Gasteiger partial charge in [-0.3, -0.25) is 29.4 Å². The zero-order valence-electron chi connectivity index (χ0n) is 33.1. The Morgan fingerprint density at radius 1 is 0.931 bits per heavy atom. The number of amides is 3. The lowest BCUT2D eigenvalue weighted by molar-refractivity contribution is -0.134. The van der Waals surface area contributed by atoms with Crippen LogP contribution in [0.4, 0.5) is 34.5 Å². The summed E-state index contributed by atoms with van der Waals surface area (Å²) in [5.41, 5.74) is 6.15. The van der Waals surface area contributed by atoms with Gasteiger partial charge in [-0.25, -0.2) is 4.98 Å². The number of Topliss-reactive ketones (excluding diaryl/α,β-unsaturated/α-hetero) is 1. The van der Waals surface area contributed by atoms with Gasteiger partial charge >= 0.3 is 0 Å². The van der Waals surface area contributed by atoms with Crippen LogP contribution in [0.3, 0.4) is 0 Å². The van der Waals surface area contributed by atoms with Crippen molar-refractivity contribution < 1.29 is 23.9 Å². The molecule has 3 aromatic carbocycles. The molecule has 0 aliphatic carbocycles. The van der Waals surface area contributed by atoms with Gasteiger partial charge in [0.2, 0.25) is 23.7 Å². The third-order valence-corrected chi connectivity index (χ3v) is 11.5. The Bertz CT molecular complexity index is 2150. The number of para-hydroxylation sites is 1. The highest BCUT2D eigenvalue weighted by molar-refractivity contribution is 6.33. The number of piperazine rings is 1. The molecule has 3 aliphatic heterocycles. The summed E-state index contributed by atoms with van der Waals surface area (Å²) in [6.45, 7) is 8.47. The van der Waals surface area contributed by atoms with Crippen molar-refractivity contribution in [1.29, 1.82) is 0 Å². The minimum atomic E-state index is -0.402. The molecule has 15 heteroatoms. The van der Waals surface area contributed by atoms with Crippen molar-refractivity contribution in [3.63, 3.8) is 0 Å². The van der Waals surface area contributed by atoms with E-state index in [-0.39, 0.29) is 23.5 Å². The number of carbonyl (C=O) groups excluding carboxylic acids is 4. The summed E-state index contributed by atoms with van der Waals surface area (Å²) in [4.78, 5) is 64.8. The quantitative estimate of drug-likeness (QED) is 0.0905. The fourth-order valence-corrected chi connectivity index (χ4v) is 8.05. The van der Waals surface area contributed by atoms with Crippen LogP contribution in [0.15, 0.2) is 66.9 Å². The van der Waals surface area contributed by atoms with Crippen LogP contribution >= 0.6 is 11.6 Å². The van der Waals surface area contributed by atoms with E-state index >= 15 is 0 Å². The summed E-state index contributed by atoms with van der Waals surface area (Å²) in [6, 6.07) is 19.1. The molecule has 304 valence electrons. The minimum absolute atomic E-state index is 0.0754. The fourth-order valence-electron chi connectivity index (χ4n) is 7.92. The van der Waals surface area contributed by atoms with Crippen LogP contribution < -0.4 is 30.9 Å². The fraction of sp³-hybridized carbons (Fsp3) is 0.395. The Morgan fingerprint density at radius 3 is 2.36 bits per heavy atom. The van der Waals surface area contributed by atoms with Crippen molar-refractivity contribution in [3.05, 3.63) is 88.6 Å². The Hall–Kier alpha value is -5.73. The molecule has 7 rings (SSSR count). The maximum atomic E-state index is 13.5. The molecule has 4 N–H and O–H groups in total. The second-order valence-electron chi connectivity index (χ2n) is 15.0. The molecule has 3 amide bonds. The maximum Gasteiger partial charge on any atom is 0.249 e. The van der Waals surface area contributed by atoms with Crippen molar-refractivity contribution in [3.8, 4) is 5.75 Å². The van der Waals surface area contributed by atoms with Crippen LogP contribution in [0.5, 0.6) is 5.75 Å². The van der Waals surface area contributed by atoms with Gasteiger partial charge in [-0.05, 0) is 93.1 Å². The van der Waals surface area contributed by atoms with Gasteiger partial charge in [0.05, 0.1) is 31.2 Å². The number of hydrogen-bond acceptors (Lipinski definition) is 12. The van der Waals surface area contributed by atoms with Gasteiger partial charge < -0.3 is 30.5 Å². The van der Waals surface area contributed by atoms with Crippen molar-refractivity contribution in [2.45, 2.75) is 57.9 Å². The Morgan fingerprint density at radius 2 is 1.67 bits per heavy atom. The second kappa shape index (κ2) is 18.2. The molecule has 0 radical (unpaired) electrons. The Labute approximate surface area is 343 Å². The van der Waals surface area contributed by atoms with Gasteiger partial charge in [0.15, 0.2) is 11.6 Å². The molecule has 1 unspecified atom stereocenters. The van der Waals surface area contributed by atoms with E-state index in [1.54, 1.807) is 25.3 Å². The predicted octanol–water partition coefficient (Wildman–Crippen LogP) is 6.14. The topological polar surface area (TPSA) is 161 Å². The lowest BCUT2D eigenvalue weighted by Crippen LogP contribution is -2.52. The van der Waals surface area contributed by atoms with Crippen molar-refractivity contribution >= 4 is 69.6 Å². The molecule has 0 spiro atoms. The van der Waals surface area contributed by atoms with E-state index in [0.29, 0.717) is 91.0 Å². The van der Waals surface area contributed by atoms with Crippen LogP contribution in [0, 0.1) is 0 Å². The molecular weight excluding hydrogens is 758 g/mol. The molecule has 0 saturated carbocycles. The van der Waals surface area contributed by atoms with Crippen LogP contribution in [-0.2, 0) is 20.8 Å². The highest BCUT2D eigenvalue weighted by atomic mass is 35.5. The largest absolute Gasteiger partial charge is 0.494 e. The number of aryl methyl sites for hydroxylation is 1. The number of nitrogens with zero attached hydrogens (tertiary/aromatic N) is 5. The number of aromatic nitrogens is 2. The number of halogens is 1. The monoisotopic (exact) mass is 807 g/mol. The van der Waals surface area contributed by atoms with Crippen LogP contribution in [0.25, 0.3) is 0 Å². The van der Waals surface area contributed by atoms with Gasteiger partial charge in [-0.2, -0.15) is 4.98 Å². The van der Waals surface area contributed by atoms with E-state index < -0.39 is 6.04 Å². The summed E-state index contributed by atoms with van der Waals surface area (Å²) in [5, 5.41) is 12.4. The number of anilines is 6. The number of methoxy groups -OCH3 is 1. The van der Waals surface area contributed by atoms with Crippen molar-refractivity contribution in [1.82, 2.24) is 25.1 Å². The van der Waals surface area contributed by atoms with E-state index in [2.05, 4.69) is 66.2 Å². The van der Waals surface area contributed by atoms with Gasteiger partial charge in [0, 0.05) is 55.6 Å². The number of carbonyl (C=O) groups is 4. The molecular formula is C43H50ClN9O5. The molecule has 3 saturated heterocycles. The van der Waals surface area contributed by atoms with E-state index in [1.807, 2.05) is 29.2 Å². The molecule has 0 bridgehead atoms. The normalized spacial score (nSPS) is 17.8.